The number of hydrogen-bond donors (Lipinski definition) is 2. The molecule has 2 heterocycles. The highest BCUT2D eigenvalue weighted by Gasteiger charge is 2.19. The zero-order chi connectivity index (χ0) is 22.1. The lowest BCUT2D eigenvalue weighted by molar-refractivity contribution is 0.627. The Morgan fingerprint density at radius 3 is 2.34 bits per heavy atom. The van der Waals surface area contributed by atoms with E-state index >= 15 is 0 Å². The van der Waals surface area contributed by atoms with Crippen LogP contribution in [0.3, 0.4) is 0 Å². The number of nitrogens with zero attached hydrogens (tertiary/aromatic N) is 4. The first-order valence-corrected chi connectivity index (χ1v) is 10.3. The molecule has 0 saturated heterocycles. The summed E-state index contributed by atoms with van der Waals surface area (Å²) in [5.74, 6) is 0.564. The fraction of sp³-hybridized carbons (Fsp3) is 0.0417. The topological polar surface area (TPSA) is 81.7 Å². The largest absolute Gasteiger partial charge is 0.383 e. The normalized spacial score (nSPS) is 11.1. The van der Waals surface area contributed by atoms with Crippen LogP contribution in [0.25, 0.3) is 28.0 Å². The van der Waals surface area contributed by atoms with Gasteiger partial charge in [0, 0.05) is 17.1 Å². The summed E-state index contributed by atoms with van der Waals surface area (Å²) in [4.78, 5) is 9.32. The molecule has 6 nitrogen and oxygen atoms in total. The monoisotopic (exact) mass is 444 g/mol. The second-order valence-corrected chi connectivity index (χ2v) is 7.65. The first kappa shape index (κ1) is 20.0. The molecule has 158 valence electrons. The predicted octanol–water partition coefficient (Wildman–Crippen LogP) is 5.47. The van der Waals surface area contributed by atoms with Crippen LogP contribution in [0.2, 0.25) is 5.02 Å². The van der Waals surface area contributed by atoms with Gasteiger partial charge >= 0.3 is 0 Å². The number of benzene rings is 3. The van der Waals surface area contributed by atoms with Crippen molar-refractivity contribution in [2.75, 3.05) is 11.1 Å². The Kier molecular flexibility index (Phi) is 5.17. The molecule has 0 fully saturated rings. The highest BCUT2D eigenvalue weighted by Crippen LogP contribution is 2.33. The maximum atomic E-state index is 13.2. The Hall–Kier alpha value is -3.97. The smallest absolute Gasteiger partial charge is 0.225 e. The van der Waals surface area contributed by atoms with Crippen molar-refractivity contribution >= 4 is 34.4 Å². The first-order valence-electron chi connectivity index (χ1n) is 9.94. The van der Waals surface area contributed by atoms with Gasteiger partial charge in [-0.2, -0.15) is 4.98 Å². The van der Waals surface area contributed by atoms with Crippen molar-refractivity contribution in [1.82, 2.24) is 19.7 Å². The minimum Gasteiger partial charge on any atom is -0.383 e. The van der Waals surface area contributed by atoms with E-state index in [0.29, 0.717) is 40.1 Å². The van der Waals surface area contributed by atoms with Crippen molar-refractivity contribution < 1.29 is 4.39 Å². The molecular weight excluding hydrogens is 427 g/mol. The van der Waals surface area contributed by atoms with Crippen molar-refractivity contribution in [1.29, 1.82) is 0 Å². The molecule has 3 N–H and O–H groups in total. The van der Waals surface area contributed by atoms with Gasteiger partial charge in [0.25, 0.3) is 0 Å². The maximum absolute atomic E-state index is 13.2. The van der Waals surface area contributed by atoms with Crippen LogP contribution in [-0.4, -0.2) is 19.7 Å². The Morgan fingerprint density at radius 2 is 1.62 bits per heavy atom. The van der Waals surface area contributed by atoms with Gasteiger partial charge in [0.15, 0.2) is 5.65 Å². The van der Waals surface area contributed by atoms with E-state index in [1.54, 1.807) is 28.9 Å². The molecule has 5 rings (SSSR count). The number of halogens is 2. The maximum Gasteiger partial charge on any atom is 0.225 e. The number of anilines is 2. The van der Waals surface area contributed by atoms with Gasteiger partial charge in [0.2, 0.25) is 5.95 Å². The lowest BCUT2D eigenvalue weighted by Gasteiger charge is -2.09. The summed E-state index contributed by atoms with van der Waals surface area (Å²) in [6.07, 6.45) is 0. The lowest BCUT2D eigenvalue weighted by atomic mass is 10.1. The molecule has 0 aliphatic carbocycles. The summed E-state index contributed by atoms with van der Waals surface area (Å²) in [5, 5.41) is 9.13. The fourth-order valence-corrected chi connectivity index (χ4v) is 3.58. The summed E-state index contributed by atoms with van der Waals surface area (Å²) in [6, 6.07) is 23.3. The van der Waals surface area contributed by atoms with E-state index < -0.39 is 0 Å². The highest BCUT2D eigenvalue weighted by molar-refractivity contribution is 6.30. The number of nitrogen functional groups attached to an aromatic ring is 1. The lowest BCUT2D eigenvalue weighted by Crippen LogP contribution is -2.05. The quantitative estimate of drug-likeness (QED) is 0.375. The third-order valence-corrected chi connectivity index (χ3v) is 5.30. The Labute approximate surface area is 188 Å². The van der Waals surface area contributed by atoms with Crippen LogP contribution < -0.4 is 11.1 Å². The molecule has 0 spiro atoms. The van der Waals surface area contributed by atoms with Crippen LogP contribution in [0.4, 0.5) is 16.2 Å². The van der Waals surface area contributed by atoms with Crippen molar-refractivity contribution in [3.05, 3.63) is 95.3 Å². The minimum atomic E-state index is -0.277. The third-order valence-electron chi connectivity index (χ3n) is 5.05. The van der Waals surface area contributed by atoms with Crippen molar-refractivity contribution in [2.45, 2.75) is 6.54 Å². The summed E-state index contributed by atoms with van der Waals surface area (Å²) in [5.41, 5.74) is 10.2. The van der Waals surface area contributed by atoms with Gasteiger partial charge < -0.3 is 11.1 Å². The van der Waals surface area contributed by atoms with Crippen LogP contribution in [0, 0.1) is 5.82 Å². The number of rotatable bonds is 5. The van der Waals surface area contributed by atoms with E-state index in [2.05, 4.69) is 15.4 Å². The van der Waals surface area contributed by atoms with Crippen LogP contribution in [0.15, 0.2) is 78.9 Å². The number of nitrogens with two attached hydrogens (primary N) is 1. The molecule has 0 radical (unpaired) electrons. The summed E-state index contributed by atoms with van der Waals surface area (Å²) >= 11 is 6.03. The number of hydrogen-bond acceptors (Lipinski definition) is 5. The Balaban J connectivity index is 1.61. The molecule has 0 bridgehead atoms. The Morgan fingerprint density at radius 1 is 0.906 bits per heavy atom. The average Bonchev–Trinajstić information content (AvgIpc) is 3.15. The molecule has 0 aliphatic rings. The predicted molar refractivity (Wildman–Crippen MR) is 125 cm³/mol. The molecule has 0 saturated carbocycles. The van der Waals surface area contributed by atoms with Gasteiger partial charge in [0.1, 0.15) is 11.6 Å². The number of fused-ring (bicyclic) bond motifs is 1. The molecule has 8 heteroatoms. The second-order valence-electron chi connectivity index (χ2n) is 7.21. The number of aromatic nitrogens is 4. The van der Waals surface area contributed by atoms with Gasteiger partial charge in [-0.05, 0) is 42.0 Å². The van der Waals surface area contributed by atoms with Gasteiger partial charge in [-0.25, -0.2) is 14.1 Å². The van der Waals surface area contributed by atoms with Crippen molar-refractivity contribution in [2.24, 2.45) is 0 Å². The van der Waals surface area contributed by atoms with Crippen molar-refractivity contribution in [3.8, 4) is 16.9 Å². The standard InChI is InChI=1S/C24H18ClFN6/c25-17-8-12-19(13-9-17)32-22(27)20-21(16-4-2-1-3-5-16)29-24(30-23(20)31-32)28-14-15-6-10-18(26)11-7-15/h1-13H,14,27H2,(H,28,30,31). The SMILES string of the molecule is Nc1c2c(-c3ccccc3)nc(NCc3ccc(F)cc3)nc2nn1-c1ccc(Cl)cc1. The molecule has 2 aromatic heterocycles. The molecule has 3 aromatic carbocycles. The minimum absolute atomic E-state index is 0.277. The summed E-state index contributed by atoms with van der Waals surface area (Å²) in [6.45, 7) is 0.438. The van der Waals surface area contributed by atoms with E-state index in [1.807, 2.05) is 42.5 Å². The van der Waals surface area contributed by atoms with E-state index in [-0.39, 0.29) is 5.82 Å². The molecular formula is C24H18ClFN6. The van der Waals surface area contributed by atoms with E-state index in [9.17, 15) is 4.39 Å². The van der Waals surface area contributed by atoms with E-state index in [0.717, 1.165) is 16.8 Å². The molecule has 0 atom stereocenters. The summed E-state index contributed by atoms with van der Waals surface area (Å²) in [7, 11) is 0. The number of nitrogens with one attached hydrogen (secondary N) is 1. The van der Waals surface area contributed by atoms with Gasteiger partial charge in [-0.15, -0.1) is 5.10 Å². The Bertz CT molecular complexity index is 1380. The van der Waals surface area contributed by atoms with E-state index in [1.165, 1.54) is 12.1 Å². The van der Waals surface area contributed by atoms with Crippen LogP contribution in [-0.2, 0) is 6.54 Å². The molecule has 5 aromatic rings. The van der Waals surface area contributed by atoms with Crippen LogP contribution >= 0.6 is 11.6 Å². The van der Waals surface area contributed by atoms with Crippen LogP contribution in [0.1, 0.15) is 5.56 Å². The molecule has 0 amide bonds. The first-order chi connectivity index (χ1) is 15.6. The zero-order valence-corrected chi connectivity index (χ0v) is 17.6. The van der Waals surface area contributed by atoms with Crippen LogP contribution in [0.5, 0.6) is 0 Å². The highest BCUT2D eigenvalue weighted by atomic mass is 35.5. The zero-order valence-electron chi connectivity index (χ0n) is 16.8. The molecule has 32 heavy (non-hydrogen) atoms. The van der Waals surface area contributed by atoms with Gasteiger partial charge in [0.05, 0.1) is 16.8 Å². The van der Waals surface area contributed by atoms with Crippen molar-refractivity contribution in [3.63, 3.8) is 0 Å². The average molecular weight is 445 g/mol. The molecule has 0 aliphatic heterocycles. The third kappa shape index (κ3) is 3.86. The van der Waals surface area contributed by atoms with Gasteiger partial charge in [-0.3, -0.25) is 0 Å². The fourth-order valence-electron chi connectivity index (χ4n) is 3.46. The molecule has 0 unspecified atom stereocenters. The second kappa shape index (κ2) is 8.28. The summed E-state index contributed by atoms with van der Waals surface area (Å²) < 4.78 is 14.8. The van der Waals surface area contributed by atoms with E-state index in [4.69, 9.17) is 22.3 Å². The van der Waals surface area contributed by atoms with Gasteiger partial charge in [-0.1, -0.05) is 54.1 Å².